The van der Waals surface area contributed by atoms with Crippen LogP contribution < -0.4 is 15.4 Å². The molecule has 0 atom stereocenters. The van der Waals surface area contributed by atoms with Crippen LogP contribution in [-0.2, 0) is 57.2 Å². The van der Waals surface area contributed by atoms with Crippen LogP contribution in [0, 0.1) is 13.8 Å². The van der Waals surface area contributed by atoms with E-state index < -0.39 is 0 Å². The lowest BCUT2D eigenvalue weighted by Gasteiger charge is -2.28. The summed E-state index contributed by atoms with van der Waals surface area (Å²) in [5.74, 6) is 0.928. The van der Waals surface area contributed by atoms with E-state index in [-0.39, 0.29) is 65.2 Å². The van der Waals surface area contributed by atoms with Gasteiger partial charge < -0.3 is 35.9 Å². The Morgan fingerprint density at radius 1 is 0.514 bits per heavy atom. The fraction of sp³-hybridized carbons (Fsp3) is 0.581. The average Bonchev–Trinajstić information content (AvgIpc) is 3.26. The van der Waals surface area contributed by atoms with E-state index >= 15 is 0 Å². The Balaban J connectivity index is 0.00000676. The molecule has 0 aliphatic rings. The quantitative estimate of drug-likeness (QED) is 0.0259. The van der Waals surface area contributed by atoms with Crippen molar-refractivity contribution in [2.24, 2.45) is 0 Å². The number of nitrogens with one attached hydrogen (secondary N) is 2. The third kappa shape index (κ3) is 18.5. The summed E-state index contributed by atoms with van der Waals surface area (Å²) < 4.78 is 6.45. The maximum Gasteiger partial charge on any atom is 0.224 e. The van der Waals surface area contributed by atoms with Gasteiger partial charge in [0.25, 0.3) is 0 Å². The number of phenols is 3. The van der Waals surface area contributed by atoms with Gasteiger partial charge in [0.05, 0.1) is 19.7 Å². The molecule has 4 aromatic rings. The number of hydrogen-bond acceptors (Lipinski definition) is 8. The molecule has 0 saturated heterocycles. The van der Waals surface area contributed by atoms with Gasteiger partial charge in [0, 0.05) is 35.3 Å². The molecule has 72 heavy (non-hydrogen) atoms. The molecule has 0 aromatic heterocycles. The molecule has 6 N–H and O–H groups in total. The molecule has 0 fully saturated rings. The molecule has 400 valence electrons. The fourth-order valence-corrected chi connectivity index (χ4v) is 9.07. The molecule has 0 bridgehead atoms. The maximum atomic E-state index is 13.6. The van der Waals surface area contributed by atoms with Crippen molar-refractivity contribution in [1.29, 1.82) is 0 Å². The van der Waals surface area contributed by atoms with Crippen LogP contribution in [0.4, 0.5) is 11.4 Å². The molecular formula is C62H95N3O7. The number of carbonyl (C=O) groups is 2. The Morgan fingerprint density at radius 3 is 1.28 bits per heavy atom. The Morgan fingerprint density at radius 2 is 0.875 bits per heavy atom. The first-order valence-corrected chi connectivity index (χ1v) is 26.9. The zero-order valence-electron chi connectivity index (χ0n) is 47.7. The molecule has 0 aliphatic carbocycles. The summed E-state index contributed by atoms with van der Waals surface area (Å²) in [6.45, 7) is 35.3. The number of benzene rings is 4. The van der Waals surface area contributed by atoms with Gasteiger partial charge >= 0.3 is 0 Å². The number of phenolic OH excluding ortho intramolecular Hbond substituents is 3. The van der Waals surface area contributed by atoms with E-state index in [9.17, 15) is 30.1 Å². The van der Waals surface area contributed by atoms with Gasteiger partial charge in [0.1, 0.15) is 23.0 Å². The standard InChI is InChI=1S/C60H89N3O7.C2H6/c1-16-17-18-19-20-21-22-23-28-70-56-40(3)30-46(62-52(65)27-25-42-33-49(59(10,11)12)55(68)50(34-42)60(13,14)15)36-44(56)38-63(69)37-43-35-45(29-39(2)53(43)66)61-51(64)26-24-41-31-47(57(4,5)6)54(67)48(32-41)58(7,8)9;1-2/h29-36,66-69H,16-28,37-38H2,1-15H3,(H,61,64)(H,62,65);1-2H3. The van der Waals surface area contributed by atoms with Crippen molar-refractivity contribution in [1.82, 2.24) is 5.06 Å². The van der Waals surface area contributed by atoms with Crippen molar-refractivity contribution in [2.45, 2.75) is 230 Å². The number of rotatable bonds is 22. The molecule has 0 radical (unpaired) electrons. The highest BCUT2D eigenvalue weighted by Crippen LogP contribution is 2.42. The number of nitrogens with zero attached hydrogens (tertiary/aromatic N) is 1. The first kappa shape index (κ1) is 61.2. The second-order valence-electron chi connectivity index (χ2n) is 23.9. The van der Waals surface area contributed by atoms with Gasteiger partial charge in [0.15, 0.2) is 0 Å². The second kappa shape index (κ2) is 26.8. The number of ether oxygens (including phenoxy) is 1. The molecule has 10 nitrogen and oxygen atoms in total. The minimum atomic E-state index is -0.285. The van der Waals surface area contributed by atoms with Gasteiger partial charge in [-0.3, -0.25) is 9.59 Å². The highest BCUT2D eigenvalue weighted by molar-refractivity contribution is 5.92. The predicted molar refractivity (Wildman–Crippen MR) is 299 cm³/mol. The van der Waals surface area contributed by atoms with Gasteiger partial charge in [0.2, 0.25) is 11.8 Å². The third-order valence-electron chi connectivity index (χ3n) is 13.1. The number of unbranched alkanes of at least 4 members (excludes halogenated alkanes) is 7. The summed E-state index contributed by atoms with van der Waals surface area (Å²) >= 11 is 0. The van der Waals surface area contributed by atoms with Crippen LogP contribution in [0.5, 0.6) is 23.0 Å². The number of aromatic hydroxyl groups is 3. The molecule has 10 heteroatoms. The number of hydroxylamine groups is 2. The van der Waals surface area contributed by atoms with Gasteiger partial charge in [-0.25, -0.2) is 0 Å². The van der Waals surface area contributed by atoms with Crippen LogP contribution >= 0.6 is 0 Å². The molecule has 0 spiro atoms. The predicted octanol–water partition coefficient (Wildman–Crippen LogP) is 15.7. The first-order chi connectivity index (χ1) is 33.5. The molecule has 0 unspecified atom stereocenters. The van der Waals surface area contributed by atoms with Crippen molar-refractivity contribution in [3.8, 4) is 23.0 Å². The van der Waals surface area contributed by atoms with Gasteiger partial charge in [-0.15, -0.1) is 0 Å². The highest BCUT2D eigenvalue weighted by Gasteiger charge is 2.28. The monoisotopic (exact) mass is 994 g/mol. The van der Waals surface area contributed by atoms with Crippen molar-refractivity contribution in [3.63, 3.8) is 0 Å². The summed E-state index contributed by atoms with van der Waals surface area (Å²) in [5, 5.41) is 52.5. The SMILES string of the molecule is CC.CCCCCCCCCCOc1c(C)cc(NC(=O)CCc2cc(C(C)(C)C)c(O)c(C(C)(C)C)c2)cc1CN(O)Cc1cc(NC(=O)CCc2cc(C(C)(C)C)c(O)c(C(C)(C)C)c2)cc(C)c1O. The van der Waals surface area contributed by atoms with E-state index in [0.29, 0.717) is 64.8 Å². The largest absolute Gasteiger partial charge is 0.507 e. The number of aryl methyl sites for hydroxylation is 4. The van der Waals surface area contributed by atoms with Crippen molar-refractivity contribution in [2.75, 3.05) is 17.2 Å². The van der Waals surface area contributed by atoms with Crippen LogP contribution in [0.2, 0.25) is 0 Å². The smallest absolute Gasteiger partial charge is 0.224 e. The lowest BCUT2D eigenvalue weighted by Crippen LogP contribution is -2.20. The summed E-state index contributed by atoms with van der Waals surface area (Å²) in [7, 11) is 0. The van der Waals surface area contributed by atoms with E-state index in [1.807, 2.05) is 57.2 Å². The van der Waals surface area contributed by atoms with Crippen molar-refractivity contribution >= 4 is 23.2 Å². The van der Waals surface area contributed by atoms with Crippen LogP contribution in [0.15, 0.2) is 48.5 Å². The minimum Gasteiger partial charge on any atom is -0.507 e. The number of carbonyl (C=O) groups excluding carboxylic acids is 2. The lowest BCUT2D eigenvalue weighted by molar-refractivity contribution is -0.117. The molecule has 0 saturated carbocycles. The summed E-state index contributed by atoms with van der Waals surface area (Å²) in [6.07, 6.45) is 10.8. The topological polar surface area (TPSA) is 152 Å². The summed E-state index contributed by atoms with van der Waals surface area (Å²) in [6, 6.07) is 15.2. The zero-order valence-corrected chi connectivity index (χ0v) is 47.7. The molecule has 4 rings (SSSR count). The van der Waals surface area contributed by atoms with E-state index in [4.69, 9.17) is 4.74 Å². The van der Waals surface area contributed by atoms with Crippen molar-refractivity contribution < 1.29 is 34.9 Å². The maximum absolute atomic E-state index is 13.6. The van der Waals surface area contributed by atoms with Crippen LogP contribution in [0.3, 0.4) is 0 Å². The van der Waals surface area contributed by atoms with Crippen LogP contribution in [0.1, 0.15) is 224 Å². The Kier molecular flexibility index (Phi) is 22.8. The summed E-state index contributed by atoms with van der Waals surface area (Å²) in [4.78, 5) is 27.1. The van der Waals surface area contributed by atoms with E-state index in [0.717, 1.165) is 63.3 Å². The van der Waals surface area contributed by atoms with Crippen molar-refractivity contribution in [3.05, 3.63) is 104 Å². The normalized spacial score (nSPS) is 12.2. The first-order valence-electron chi connectivity index (χ1n) is 26.9. The van der Waals surface area contributed by atoms with E-state index in [2.05, 4.69) is 101 Å². The fourth-order valence-electron chi connectivity index (χ4n) is 9.07. The zero-order chi connectivity index (χ0) is 54.4. The van der Waals surface area contributed by atoms with Crippen LogP contribution in [0.25, 0.3) is 0 Å². The lowest BCUT2D eigenvalue weighted by atomic mass is 9.78. The van der Waals surface area contributed by atoms with Crippen LogP contribution in [-0.4, -0.2) is 44.0 Å². The molecule has 0 aliphatic heterocycles. The number of amides is 2. The third-order valence-corrected chi connectivity index (χ3v) is 13.1. The number of anilines is 2. The highest BCUT2D eigenvalue weighted by atomic mass is 16.5. The molecule has 4 aromatic carbocycles. The molecule has 2 amide bonds. The molecule has 0 heterocycles. The van der Waals surface area contributed by atoms with E-state index in [1.165, 1.54) is 32.1 Å². The Bertz CT molecular complexity index is 2340. The Hall–Kier alpha value is -5.06. The van der Waals surface area contributed by atoms with Gasteiger partial charge in [-0.2, -0.15) is 5.06 Å². The second-order valence-corrected chi connectivity index (χ2v) is 23.9. The van der Waals surface area contributed by atoms with E-state index in [1.54, 1.807) is 19.1 Å². The van der Waals surface area contributed by atoms with Gasteiger partial charge in [-0.05, 0) is 124 Å². The Labute approximate surface area is 435 Å². The minimum absolute atomic E-state index is 0.0202. The summed E-state index contributed by atoms with van der Waals surface area (Å²) in [5.41, 5.74) is 7.82. The number of hydrogen-bond donors (Lipinski definition) is 6. The molecular weight excluding hydrogens is 899 g/mol. The van der Waals surface area contributed by atoms with Gasteiger partial charge in [-0.1, -0.05) is 173 Å². The average molecular weight is 994 g/mol.